The molecular weight excluding hydrogens is 199 g/mol. The Bertz CT molecular complexity index is 300. The molecule has 1 rings (SSSR count). The van der Waals surface area contributed by atoms with E-state index in [4.69, 9.17) is 0 Å². The summed E-state index contributed by atoms with van der Waals surface area (Å²) >= 11 is 0. The van der Waals surface area contributed by atoms with Gasteiger partial charge in [-0.2, -0.15) is 0 Å². The smallest absolute Gasteiger partial charge is 0.123 e. The standard InChI is InChI=1S/C15H23F/c1-5-13(10-12(4)11(2)3)14-6-8-15(16)9-7-14/h6-9,11-13H,5,10H2,1-4H3. The molecule has 0 radical (unpaired) electrons. The van der Waals surface area contributed by atoms with Gasteiger partial charge in [-0.15, -0.1) is 0 Å². The van der Waals surface area contributed by atoms with E-state index in [1.54, 1.807) is 12.1 Å². The van der Waals surface area contributed by atoms with Crippen molar-refractivity contribution in [2.45, 2.75) is 46.5 Å². The second-order valence-electron chi connectivity index (χ2n) is 5.11. The maximum atomic E-state index is 12.8. The third-order valence-electron chi connectivity index (χ3n) is 3.63. The Kier molecular flexibility index (Phi) is 4.98. The van der Waals surface area contributed by atoms with Crippen molar-refractivity contribution in [3.63, 3.8) is 0 Å². The third kappa shape index (κ3) is 3.62. The lowest BCUT2D eigenvalue weighted by atomic mass is 9.83. The van der Waals surface area contributed by atoms with Crippen LogP contribution < -0.4 is 0 Å². The molecule has 90 valence electrons. The van der Waals surface area contributed by atoms with Gasteiger partial charge in [0.25, 0.3) is 0 Å². The van der Waals surface area contributed by atoms with Crippen LogP contribution in [-0.2, 0) is 0 Å². The molecule has 0 fully saturated rings. The fourth-order valence-electron chi connectivity index (χ4n) is 1.99. The lowest BCUT2D eigenvalue weighted by Crippen LogP contribution is -2.09. The molecule has 16 heavy (non-hydrogen) atoms. The van der Waals surface area contributed by atoms with Gasteiger partial charge in [0.05, 0.1) is 0 Å². The van der Waals surface area contributed by atoms with Gasteiger partial charge in [-0.05, 0) is 48.3 Å². The summed E-state index contributed by atoms with van der Waals surface area (Å²) < 4.78 is 12.8. The van der Waals surface area contributed by atoms with Gasteiger partial charge in [0.2, 0.25) is 0 Å². The molecule has 0 aromatic heterocycles. The molecule has 0 amide bonds. The molecule has 0 nitrogen and oxygen atoms in total. The van der Waals surface area contributed by atoms with E-state index in [1.165, 1.54) is 12.0 Å². The first kappa shape index (κ1) is 13.2. The Morgan fingerprint density at radius 3 is 2.06 bits per heavy atom. The van der Waals surface area contributed by atoms with Gasteiger partial charge >= 0.3 is 0 Å². The van der Waals surface area contributed by atoms with Gasteiger partial charge in [0.1, 0.15) is 5.82 Å². The predicted octanol–water partition coefficient (Wildman–Crippen LogP) is 5.00. The second kappa shape index (κ2) is 6.03. The highest BCUT2D eigenvalue weighted by Gasteiger charge is 2.15. The first-order valence-electron chi connectivity index (χ1n) is 6.30. The van der Waals surface area contributed by atoms with Crippen LogP contribution in [0.5, 0.6) is 0 Å². The van der Waals surface area contributed by atoms with E-state index >= 15 is 0 Å². The van der Waals surface area contributed by atoms with Crippen LogP contribution in [0.4, 0.5) is 4.39 Å². The van der Waals surface area contributed by atoms with Gasteiger partial charge < -0.3 is 0 Å². The summed E-state index contributed by atoms with van der Waals surface area (Å²) in [6, 6.07) is 6.99. The minimum atomic E-state index is -0.143. The molecule has 1 aromatic rings. The quantitative estimate of drug-likeness (QED) is 0.657. The maximum Gasteiger partial charge on any atom is 0.123 e. The summed E-state index contributed by atoms with van der Waals surface area (Å²) in [6.07, 6.45) is 2.32. The Morgan fingerprint density at radius 1 is 1.06 bits per heavy atom. The third-order valence-corrected chi connectivity index (χ3v) is 3.63. The zero-order chi connectivity index (χ0) is 12.1. The van der Waals surface area contributed by atoms with Crippen molar-refractivity contribution in [2.75, 3.05) is 0 Å². The largest absolute Gasteiger partial charge is 0.207 e. The highest BCUT2D eigenvalue weighted by molar-refractivity contribution is 5.20. The number of benzene rings is 1. The summed E-state index contributed by atoms with van der Waals surface area (Å²) in [5.41, 5.74) is 1.27. The van der Waals surface area contributed by atoms with Crippen molar-refractivity contribution in [1.82, 2.24) is 0 Å². The van der Waals surface area contributed by atoms with E-state index in [2.05, 4.69) is 27.7 Å². The molecular formula is C15H23F. The minimum absolute atomic E-state index is 0.143. The van der Waals surface area contributed by atoms with Crippen LogP contribution in [0.15, 0.2) is 24.3 Å². The minimum Gasteiger partial charge on any atom is -0.207 e. The van der Waals surface area contributed by atoms with Crippen molar-refractivity contribution in [3.8, 4) is 0 Å². The van der Waals surface area contributed by atoms with E-state index in [0.29, 0.717) is 5.92 Å². The molecule has 0 aliphatic carbocycles. The predicted molar refractivity (Wildman–Crippen MR) is 68.1 cm³/mol. The molecule has 0 spiro atoms. The number of halogens is 1. The van der Waals surface area contributed by atoms with Crippen LogP contribution in [0.2, 0.25) is 0 Å². The lowest BCUT2D eigenvalue weighted by molar-refractivity contribution is 0.356. The average Bonchev–Trinajstić information content (AvgIpc) is 2.26. The lowest BCUT2D eigenvalue weighted by Gasteiger charge is -2.22. The molecule has 2 unspecified atom stereocenters. The van der Waals surface area contributed by atoms with Crippen molar-refractivity contribution in [1.29, 1.82) is 0 Å². The van der Waals surface area contributed by atoms with E-state index in [-0.39, 0.29) is 5.82 Å². The van der Waals surface area contributed by atoms with Crippen LogP contribution >= 0.6 is 0 Å². The molecule has 0 bridgehead atoms. The van der Waals surface area contributed by atoms with E-state index < -0.39 is 0 Å². The zero-order valence-corrected chi connectivity index (χ0v) is 10.8. The fourth-order valence-corrected chi connectivity index (χ4v) is 1.99. The number of rotatable bonds is 5. The van der Waals surface area contributed by atoms with E-state index in [1.807, 2.05) is 12.1 Å². The Balaban J connectivity index is 2.70. The van der Waals surface area contributed by atoms with Crippen LogP contribution in [0.25, 0.3) is 0 Å². The molecule has 1 heteroatoms. The molecule has 0 aliphatic rings. The van der Waals surface area contributed by atoms with Gasteiger partial charge in [-0.3, -0.25) is 0 Å². The Labute approximate surface area is 98.9 Å². The normalized spacial score (nSPS) is 15.1. The molecule has 0 saturated heterocycles. The molecule has 0 heterocycles. The van der Waals surface area contributed by atoms with Gasteiger partial charge in [0.15, 0.2) is 0 Å². The topological polar surface area (TPSA) is 0 Å². The van der Waals surface area contributed by atoms with Crippen molar-refractivity contribution in [3.05, 3.63) is 35.6 Å². The maximum absolute atomic E-state index is 12.8. The van der Waals surface area contributed by atoms with E-state index in [0.717, 1.165) is 18.3 Å². The first-order valence-corrected chi connectivity index (χ1v) is 6.30. The molecule has 0 saturated carbocycles. The molecule has 1 aromatic carbocycles. The summed E-state index contributed by atoms with van der Waals surface area (Å²) in [5, 5.41) is 0. The number of hydrogen-bond acceptors (Lipinski definition) is 0. The molecule has 0 aliphatic heterocycles. The van der Waals surface area contributed by atoms with Crippen molar-refractivity contribution >= 4 is 0 Å². The van der Waals surface area contributed by atoms with Gasteiger partial charge in [-0.25, -0.2) is 4.39 Å². The van der Waals surface area contributed by atoms with Crippen LogP contribution in [0.3, 0.4) is 0 Å². The van der Waals surface area contributed by atoms with Crippen LogP contribution in [0, 0.1) is 17.7 Å². The fraction of sp³-hybridized carbons (Fsp3) is 0.600. The highest BCUT2D eigenvalue weighted by atomic mass is 19.1. The first-order chi connectivity index (χ1) is 7.54. The van der Waals surface area contributed by atoms with Crippen molar-refractivity contribution in [2.24, 2.45) is 11.8 Å². The monoisotopic (exact) mass is 222 g/mol. The van der Waals surface area contributed by atoms with Crippen LogP contribution in [-0.4, -0.2) is 0 Å². The number of hydrogen-bond donors (Lipinski definition) is 0. The SMILES string of the molecule is CCC(CC(C)C(C)C)c1ccc(F)cc1. The second-order valence-corrected chi connectivity index (χ2v) is 5.11. The zero-order valence-electron chi connectivity index (χ0n) is 10.8. The summed E-state index contributed by atoms with van der Waals surface area (Å²) in [7, 11) is 0. The van der Waals surface area contributed by atoms with Gasteiger partial charge in [-0.1, -0.05) is 39.8 Å². The summed E-state index contributed by atoms with van der Waals surface area (Å²) in [4.78, 5) is 0. The highest BCUT2D eigenvalue weighted by Crippen LogP contribution is 2.30. The van der Waals surface area contributed by atoms with Crippen molar-refractivity contribution < 1.29 is 4.39 Å². The summed E-state index contributed by atoms with van der Waals surface area (Å²) in [5.74, 6) is 1.86. The molecule has 2 atom stereocenters. The Hall–Kier alpha value is -0.850. The van der Waals surface area contributed by atoms with Crippen LogP contribution in [0.1, 0.15) is 52.0 Å². The Morgan fingerprint density at radius 2 is 1.62 bits per heavy atom. The average molecular weight is 222 g/mol. The summed E-state index contributed by atoms with van der Waals surface area (Å²) in [6.45, 7) is 9.04. The molecule has 0 N–H and O–H groups in total. The van der Waals surface area contributed by atoms with E-state index in [9.17, 15) is 4.39 Å². The van der Waals surface area contributed by atoms with Gasteiger partial charge in [0, 0.05) is 0 Å².